The summed E-state index contributed by atoms with van der Waals surface area (Å²) in [6.07, 6.45) is 1.51. The Balaban J connectivity index is 1.73. The van der Waals surface area contributed by atoms with E-state index in [1.165, 1.54) is 30.1 Å². The zero-order valence-corrected chi connectivity index (χ0v) is 17.4. The van der Waals surface area contributed by atoms with Gasteiger partial charge in [-0.2, -0.15) is 5.10 Å². The SMILES string of the molecule is O=S([O-])Cc1ccc(-c2nc(-c3ccc(F)cc3)oc2Sc2ccc(Cl)cn2)nn1. The highest BCUT2D eigenvalue weighted by atomic mass is 35.5. The van der Waals surface area contributed by atoms with E-state index >= 15 is 0 Å². The summed E-state index contributed by atoms with van der Waals surface area (Å²) in [5.74, 6) is -0.334. The molecule has 30 heavy (non-hydrogen) atoms. The van der Waals surface area contributed by atoms with Gasteiger partial charge >= 0.3 is 0 Å². The first-order valence-corrected chi connectivity index (χ1v) is 10.9. The molecule has 152 valence electrons. The van der Waals surface area contributed by atoms with Crippen molar-refractivity contribution < 1.29 is 17.6 Å². The Bertz CT molecular complexity index is 1190. The van der Waals surface area contributed by atoms with Crippen molar-refractivity contribution in [3.8, 4) is 22.8 Å². The molecule has 0 N–H and O–H groups in total. The summed E-state index contributed by atoms with van der Waals surface area (Å²) in [5.41, 5.74) is 1.69. The van der Waals surface area contributed by atoms with E-state index in [1.54, 1.807) is 36.4 Å². The molecule has 1 atom stereocenters. The molecule has 4 rings (SSSR count). The van der Waals surface area contributed by atoms with Crippen LogP contribution in [0.2, 0.25) is 5.02 Å². The maximum absolute atomic E-state index is 13.3. The van der Waals surface area contributed by atoms with Crippen molar-refractivity contribution in [1.29, 1.82) is 0 Å². The lowest BCUT2D eigenvalue weighted by atomic mass is 10.2. The van der Waals surface area contributed by atoms with E-state index < -0.39 is 11.1 Å². The molecule has 1 aromatic carbocycles. The van der Waals surface area contributed by atoms with Gasteiger partial charge in [-0.1, -0.05) is 11.6 Å². The maximum Gasteiger partial charge on any atom is 0.228 e. The van der Waals surface area contributed by atoms with E-state index in [4.69, 9.17) is 16.0 Å². The largest absolute Gasteiger partial charge is 0.772 e. The quantitative estimate of drug-likeness (QED) is 0.386. The second-order valence-electron chi connectivity index (χ2n) is 5.94. The van der Waals surface area contributed by atoms with E-state index in [1.807, 2.05) is 0 Å². The fourth-order valence-corrected chi connectivity index (χ4v) is 3.76. The summed E-state index contributed by atoms with van der Waals surface area (Å²) in [5, 5.41) is 9.53. The van der Waals surface area contributed by atoms with Crippen molar-refractivity contribution in [2.45, 2.75) is 15.9 Å². The number of aromatic nitrogens is 4. The standard InChI is InChI=1S/C19H12ClFN4O3S2/c20-12-3-8-16(22-9-12)29-19-17(15-7-6-14(24-25-15)10-30(26)27)23-18(28-19)11-1-4-13(21)5-2-11/h1-9H,10H2,(H,26,27)/p-1. The summed E-state index contributed by atoms with van der Waals surface area (Å²) >= 11 is 4.84. The Morgan fingerprint density at radius 1 is 1.10 bits per heavy atom. The number of halogens is 2. The van der Waals surface area contributed by atoms with Gasteiger partial charge in [-0.15, -0.1) is 5.10 Å². The third-order valence-corrected chi connectivity index (χ3v) is 5.48. The van der Waals surface area contributed by atoms with Gasteiger partial charge in [-0.05, 0) is 71.4 Å². The number of pyridine rings is 1. The molecule has 3 aromatic heterocycles. The van der Waals surface area contributed by atoms with E-state index in [0.717, 1.165) is 0 Å². The molecule has 3 heterocycles. The van der Waals surface area contributed by atoms with E-state index in [-0.39, 0.29) is 17.5 Å². The first-order chi connectivity index (χ1) is 14.5. The van der Waals surface area contributed by atoms with Crippen molar-refractivity contribution in [2.75, 3.05) is 0 Å². The minimum Gasteiger partial charge on any atom is -0.772 e. The lowest BCUT2D eigenvalue weighted by molar-refractivity contribution is 0.485. The second-order valence-corrected chi connectivity index (χ2v) is 8.26. The first kappa shape index (κ1) is 20.6. The molecule has 7 nitrogen and oxygen atoms in total. The predicted molar refractivity (Wildman–Crippen MR) is 109 cm³/mol. The van der Waals surface area contributed by atoms with Crippen molar-refractivity contribution in [1.82, 2.24) is 20.2 Å². The highest BCUT2D eigenvalue weighted by Crippen LogP contribution is 2.37. The molecule has 0 bridgehead atoms. The van der Waals surface area contributed by atoms with Gasteiger partial charge in [-0.25, -0.2) is 14.4 Å². The molecule has 0 saturated carbocycles. The molecule has 0 radical (unpaired) electrons. The van der Waals surface area contributed by atoms with Gasteiger partial charge in [0.15, 0.2) is 5.09 Å². The van der Waals surface area contributed by atoms with Crippen molar-refractivity contribution in [3.05, 3.63) is 71.3 Å². The van der Waals surface area contributed by atoms with Crippen molar-refractivity contribution >= 4 is 34.4 Å². The van der Waals surface area contributed by atoms with Gasteiger partial charge in [0, 0.05) is 11.8 Å². The summed E-state index contributed by atoms with van der Waals surface area (Å²) < 4.78 is 40.9. The zero-order valence-electron chi connectivity index (χ0n) is 15.0. The second kappa shape index (κ2) is 9.00. The number of hydrogen-bond donors (Lipinski definition) is 0. The molecule has 0 fully saturated rings. The number of benzene rings is 1. The molecule has 11 heteroatoms. The summed E-state index contributed by atoms with van der Waals surface area (Å²) in [4.78, 5) is 8.73. The maximum atomic E-state index is 13.3. The predicted octanol–water partition coefficient (Wildman–Crippen LogP) is 4.52. The van der Waals surface area contributed by atoms with Crippen LogP contribution in [0.1, 0.15) is 5.69 Å². The van der Waals surface area contributed by atoms with Crippen LogP contribution in [0.15, 0.2) is 69.3 Å². The van der Waals surface area contributed by atoms with Gasteiger partial charge < -0.3 is 8.97 Å². The minimum absolute atomic E-state index is 0.233. The number of hydrogen-bond acceptors (Lipinski definition) is 8. The van der Waals surface area contributed by atoms with Crippen LogP contribution in [-0.4, -0.2) is 28.9 Å². The minimum atomic E-state index is -2.26. The average Bonchev–Trinajstić information content (AvgIpc) is 3.14. The Hall–Kier alpha value is -2.66. The summed E-state index contributed by atoms with van der Waals surface area (Å²) in [6, 6.07) is 12.3. The molecular weight excluding hydrogens is 451 g/mol. The average molecular weight is 462 g/mol. The summed E-state index contributed by atoms with van der Waals surface area (Å²) in [6.45, 7) is 0. The number of nitrogens with zero attached hydrogens (tertiary/aromatic N) is 4. The molecule has 0 aliphatic rings. The number of oxazole rings is 1. The molecule has 0 saturated heterocycles. The van der Waals surface area contributed by atoms with Crippen LogP contribution in [0.3, 0.4) is 0 Å². The van der Waals surface area contributed by atoms with Gasteiger partial charge in [0.25, 0.3) is 0 Å². The van der Waals surface area contributed by atoms with Crippen LogP contribution in [0.5, 0.6) is 0 Å². The van der Waals surface area contributed by atoms with Crippen molar-refractivity contribution in [3.63, 3.8) is 0 Å². The fourth-order valence-electron chi connectivity index (χ4n) is 2.45. The lowest BCUT2D eigenvalue weighted by Gasteiger charge is -2.04. The highest BCUT2D eigenvalue weighted by molar-refractivity contribution is 7.99. The first-order valence-electron chi connectivity index (χ1n) is 8.43. The van der Waals surface area contributed by atoms with Crippen LogP contribution < -0.4 is 0 Å². The topological polar surface area (TPSA) is 105 Å². The van der Waals surface area contributed by atoms with Gasteiger partial charge in [0.1, 0.15) is 22.2 Å². The molecule has 0 spiro atoms. The Labute approximate surface area is 182 Å². The fraction of sp³-hybridized carbons (Fsp3) is 0.0526. The smallest absolute Gasteiger partial charge is 0.228 e. The summed E-state index contributed by atoms with van der Waals surface area (Å²) in [7, 11) is 0. The molecular formula is C19H11ClFN4O3S2-. The van der Waals surface area contributed by atoms with Crippen LogP contribution in [0.4, 0.5) is 4.39 Å². The van der Waals surface area contributed by atoms with Gasteiger partial charge in [-0.3, -0.25) is 4.21 Å². The number of rotatable bonds is 6. The third kappa shape index (κ3) is 4.90. The van der Waals surface area contributed by atoms with Crippen LogP contribution in [0, 0.1) is 5.82 Å². The van der Waals surface area contributed by atoms with E-state index in [2.05, 4.69) is 20.2 Å². The lowest BCUT2D eigenvalue weighted by Crippen LogP contribution is -1.99. The van der Waals surface area contributed by atoms with Crippen LogP contribution >= 0.6 is 23.4 Å². The van der Waals surface area contributed by atoms with Gasteiger partial charge in [0.05, 0.1) is 16.5 Å². The van der Waals surface area contributed by atoms with Gasteiger partial charge in [0.2, 0.25) is 5.89 Å². The highest BCUT2D eigenvalue weighted by Gasteiger charge is 2.20. The van der Waals surface area contributed by atoms with Crippen LogP contribution in [0.25, 0.3) is 22.8 Å². The normalized spacial score (nSPS) is 12.1. The Morgan fingerprint density at radius 3 is 2.53 bits per heavy atom. The Kier molecular flexibility index (Phi) is 6.18. The zero-order chi connectivity index (χ0) is 21.1. The monoisotopic (exact) mass is 461 g/mol. The third-order valence-electron chi connectivity index (χ3n) is 3.81. The van der Waals surface area contributed by atoms with Crippen molar-refractivity contribution in [2.24, 2.45) is 0 Å². The Morgan fingerprint density at radius 2 is 1.90 bits per heavy atom. The van der Waals surface area contributed by atoms with E-state index in [0.29, 0.717) is 37.8 Å². The molecule has 1 unspecified atom stereocenters. The molecule has 0 aliphatic heterocycles. The molecule has 0 amide bonds. The van der Waals surface area contributed by atoms with Crippen LogP contribution in [-0.2, 0) is 16.8 Å². The molecule has 4 aromatic rings. The molecule has 0 aliphatic carbocycles. The van der Waals surface area contributed by atoms with E-state index in [9.17, 15) is 13.2 Å².